The minimum absolute atomic E-state index is 0.0635. The third kappa shape index (κ3) is 4.39. The van der Waals surface area contributed by atoms with Crippen molar-refractivity contribution in [2.75, 3.05) is 25.0 Å². The second-order valence-electron chi connectivity index (χ2n) is 8.15. The number of methoxy groups -OCH3 is 1. The van der Waals surface area contributed by atoms with Gasteiger partial charge in [0, 0.05) is 23.7 Å². The van der Waals surface area contributed by atoms with Gasteiger partial charge in [0.2, 0.25) is 0 Å². The molecule has 0 unspecified atom stereocenters. The van der Waals surface area contributed by atoms with Crippen molar-refractivity contribution in [3.05, 3.63) is 45.3 Å². The van der Waals surface area contributed by atoms with Gasteiger partial charge in [-0.3, -0.25) is 9.52 Å². The van der Waals surface area contributed by atoms with E-state index < -0.39 is 22.1 Å². The molecule has 0 radical (unpaired) electrons. The second-order valence-corrected chi connectivity index (χ2v) is 11.1. The van der Waals surface area contributed by atoms with E-state index in [0.29, 0.717) is 42.1 Å². The number of esters is 1. The van der Waals surface area contributed by atoms with Crippen LogP contribution in [0.2, 0.25) is 0 Å². The molecule has 1 saturated heterocycles. The van der Waals surface area contributed by atoms with E-state index >= 15 is 0 Å². The molecule has 1 aromatic heterocycles. The molecule has 2 aromatic rings. The number of hydrogen-bond donors (Lipinski definition) is 1. The zero-order valence-electron chi connectivity index (χ0n) is 18.3. The van der Waals surface area contributed by atoms with Gasteiger partial charge in [0.15, 0.2) is 4.21 Å². The van der Waals surface area contributed by atoms with Gasteiger partial charge in [-0.05, 0) is 61.9 Å². The molecule has 0 spiro atoms. The molecule has 1 atom stereocenters. The number of carbonyl (C=O) groups excluding carboxylic acids is 2. The molecule has 1 N–H and O–H groups in total. The number of anilines is 1. The molecule has 2 aliphatic rings. The molecule has 0 saturated carbocycles. The summed E-state index contributed by atoms with van der Waals surface area (Å²) in [7, 11) is -2.81. The Bertz CT molecular complexity index is 1150. The first-order valence-corrected chi connectivity index (χ1v) is 12.7. The van der Waals surface area contributed by atoms with Crippen molar-refractivity contribution in [1.82, 2.24) is 4.90 Å². The van der Waals surface area contributed by atoms with E-state index in [1.807, 2.05) is 19.9 Å². The molecule has 10 heteroatoms. The van der Waals surface area contributed by atoms with Crippen molar-refractivity contribution >= 4 is 38.9 Å². The molecule has 0 aliphatic carbocycles. The highest BCUT2D eigenvalue weighted by Crippen LogP contribution is 2.38. The molecule has 1 fully saturated rings. The van der Waals surface area contributed by atoms with Crippen LogP contribution in [0.1, 0.15) is 44.8 Å². The highest BCUT2D eigenvalue weighted by molar-refractivity contribution is 7.94. The maximum atomic E-state index is 13.3. The molecule has 0 bridgehead atoms. The van der Waals surface area contributed by atoms with Crippen LogP contribution in [0.4, 0.5) is 5.69 Å². The average molecular weight is 479 g/mol. The smallest absolute Gasteiger partial charge is 0.340 e. The zero-order valence-corrected chi connectivity index (χ0v) is 19.9. The number of amides is 1. The molecule has 2 aliphatic heterocycles. The average Bonchev–Trinajstić information content (AvgIpc) is 3.39. The molecule has 8 nitrogen and oxygen atoms in total. The molecule has 1 aromatic carbocycles. The summed E-state index contributed by atoms with van der Waals surface area (Å²) < 4.78 is 39.5. The van der Waals surface area contributed by atoms with E-state index in [9.17, 15) is 18.0 Å². The fourth-order valence-corrected chi connectivity index (χ4v) is 7.22. The summed E-state index contributed by atoms with van der Waals surface area (Å²) in [6.45, 7) is 4.99. The van der Waals surface area contributed by atoms with Crippen LogP contribution in [0.25, 0.3) is 0 Å². The summed E-state index contributed by atoms with van der Waals surface area (Å²) in [5.41, 5.74) is 2.97. The van der Waals surface area contributed by atoms with Gasteiger partial charge in [0.25, 0.3) is 15.9 Å². The van der Waals surface area contributed by atoms with Crippen molar-refractivity contribution < 1.29 is 27.5 Å². The van der Waals surface area contributed by atoms with Gasteiger partial charge in [-0.1, -0.05) is 6.07 Å². The van der Waals surface area contributed by atoms with E-state index in [1.54, 1.807) is 17.0 Å². The summed E-state index contributed by atoms with van der Waals surface area (Å²) >= 11 is 1.02. The molecular formula is C22H26N2O6S2. The van der Waals surface area contributed by atoms with Crippen molar-refractivity contribution in [3.63, 3.8) is 0 Å². The Kier molecular flexibility index (Phi) is 6.28. The lowest BCUT2D eigenvalue weighted by Gasteiger charge is -2.29. The van der Waals surface area contributed by atoms with Crippen LogP contribution in [0.5, 0.6) is 0 Å². The van der Waals surface area contributed by atoms with Gasteiger partial charge in [-0.25, -0.2) is 13.2 Å². The van der Waals surface area contributed by atoms with Crippen LogP contribution in [0.3, 0.4) is 0 Å². The van der Waals surface area contributed by atoms with Crippen molar-refractivity contribution in [2.45, 2.75) is 50.0 Å². The number of hydrogen-bond acceptors (Lipinski definition) is 7. The zero-order chi connectivity index (χ0) is 23.0. The maximum Gasteiger partial charge on any atom is 0.340 e. The maximum absolute atomic E-state index is 13.3. The number of aryl methyl sites for hydroxylation is 2. The fourth-order valence-electron chi connectivity index (χ4n) is 4.28. The Labute approximate surface area is 191 Å². The summed E-state index contributed by atoms with van der Waals surface area (Å²) in [6.07, 6.45) is 1.49. The Morgan fingerprint density at radius 1 is 1.22 bits per heavy atom. The second kappa shape index (κ2) is 8.84. The van der Waals surface area contributed by atoms with Gasteiger partial charge in [-0.15, -0.1) is 11.3 Å². The van der Waals surface area contributed by atoms with E-state index in [1.165, 1.54) is 7.11 Å². The lowest BCUT2D eigenvalue weighted by atomic mass is 10.0. The predicted octanol–water partition coefficient (Wildman–Crippen LogP) is 3.02. The number of nitrogens with one attached hydrogen (secondary N) is 1. The number of thiophene rings is 1. The monoisotopic (exact) mass is 478 g/mol. The quantitative estimate of drug-likeness (QED) is 0.663. The Balaban J connectivity index is 1.68. The lowest BCUT2D eigenvalue weighted by Crippen LogP contribution is -2.41. The largest absolute Gasteiger partial charge is 0.465 e. The Morgan fingerprint density at radius 3 is 2.56 bits per heavy atom. The van der Waals surface area contributed by atoms with Crippen LogP contribution < -0.4 is 4.72 Å². The van der Waals surface area contributed by atoms with E-state index in [0.717, 1.165) is 28.9 Å². The highest BCUT2D eigenvalue weighted by atomic mass is 32.2. The van der Waals surface area contributed by atoms with Crippen molar-refractivity contribution in [3.8, 4) is 0 Å². The van der Waals surface area contributed by atoms with Gasteiger partial charge < -0.3 is 14.4 Å². The standard InChI is InChI=1S/C22H26N2O6S2/c1-13-9-14(2)11-15(10-13)23-32(27,28)22-19(21(26)29-3)16-6-7-24(12-18(16)31-22)20(25)17-5-4-8-30-17/h9-11,17,23H,4-8,12H2,1-3H3/t17-/m1/s1. The van der Waals surface area contributed by atoms with Crippen molar-refractivity contribution in [2.24, 2.45) is 0 Å². The van der Waals surface area contributed by atoms with Crippen LogP contribution in [-0.2, 0) is 37.3 Å². The Hall–Kier alpha value is -2.43. The van der Waals surface area contributed by atoms with Gasteiger partial charge in [0.1, 0.15) is 6.10 Å². The number of benzene rings is 1. The van der Waals surface area contributed by atoms with Gasteiger partial charge in [0.05, 0.1) is 19.2 Å². The number of sulfonamides is 1. The summed E-state index contributed by atoms with van der Waals surface area (Å²) in [5.74, 6) is -0.777. The molecule has 32 heavy (non-hydrogen) atoms. The van der Waals surface area contributed by atoms with Crippen LogP contribution in [0.15, 0.2) is 22.4 Å². The first kappa shape index (κ1) is 22.8. The van der Waals surface area contributed by atoms with E-state index in [-0.39, 0.29) is 22.2 Å². The SMILES string of the molecule is COC(=O)c1c(S(=O)(=O)Nc2cc(C)cc(C)c2)sc2c1CCN(C(=O)[C@H]1CCCO1)C2. The third-order valence-electron chi connectivity index (χ3n) is 5.65. The first-order chi connectivity index (χ1) is 15.2. The van der Waals surface area contributed by atoms with Gasteiger partial charge in [-0.2, -0.15) is 0 Å². The minimum atomic E-state index is -4.04. The Morgan fingerprint density at radius 2 is 1.94 bits per heavy atom. The van der Waals surface area contributed by atoms with E-state index in [2.05, 4.69) is 4.72 Å². The lowest BCUT2D eigenvalue weighted by molar-refractivity contribution is -0.141. The van der Waals surface area contributed by atoms with Crippen LogP contribution >= 0.6 is 11.3 Å². The number of ether oxygens (including phenoxy) is 2. The fraction of sp³-hybridized carbons (Fsp3) is 0.455. The molecule has 1 amide bonds. The molecule has 3 heterocycles. The topological polar surface area (TPSA) is 102 Å². The normalized spacial score (nSPS) is 18.3. The molecule has 172 valence electrons. The summed E-state index contributed by atoms with van der Waals surface area (Å²) in [5, 5.41) is 0. The van der Waals surface area contributed by atoms with Crippen molar-refractivity contribution in [1.29, 1.82) is 0 Å². The molecule has 4 rings (SSSR count). The summed E-state index contributed by atoms with van der Waals surface area (Å²) in [6, 6.07) is 5.41. The molecular weight excluding hydrogens is 452 g/mol. The van der Waals surface area contributed by atoms with Gasteiger partial charge >= 0.3 is 5.97 Å². The number of fused-ring (bicyclic) bond motifs is 1. The van der Waals surface area contributed by atoms with Crippen LogP contribution in [-0.4, -0.2) is 51.6 Å². The third-order valence-corrected chi connectivity index (χ3v) is 8.77. The number of rotatable bonds is 5. The number of nitrogens with zero attached hydrogens (tertiary/aromatic N) is 1. The number of carbonyl (C=O) groups is 2. The summed E-state index contributed by atoms with van der Waals surface area (Å²) in [4.78, 5) is 27.7. The van der Waals surface area contributed by atoms with Crippen LogP contribution in [0, 0.1) is 13.8 Å². The minimum Gasteiger partial charge on any atom is -0.465 e. The first-order valence-electron chi connectivity index (χ1n) is 10.4. The highest BCUT2D eigenvalue weighted by Gasteiger charge is 2.37. The predicted molar refractivity (Wildman–Crippen MR) is 120 cm³/mol. The van der Waals surface area contributed by atoms with E-state index in [4.69, 9.17) is 9.47 Å².